The van der Waals surface area contributed by atoms with Crippen LogP contribution < -0.4 is 5.32 Å². The fraction of sp³-hybridized carbons (Fsp3) is 0.375. The van der Waals surface area contributed by atoms with E-state index < -0.39 is 0 Å². The molecular formula is C16H18ClN3O3S2. The highest BCUT2D eigenvalue weighted by Crippen LogP contribution is 2.25. The number of rotatable bonds is 9. The number of hydrogen-bond acceptors (Lipinski definition) is 7. The van der Waals surface area contributed by atoms with Crippen molar-refractivity contribution in [2.45, 2.75) is 30.5 Å². The van der Waals surface area contributed by atoms with Gasteiger partial charge < -0.3 is 10.1 Å². The summed E-state index contributed by atoms with van der Waals surface area (Å²) < 4.78 is 5.46. The first kappa shape index (κ1) is 19.7. The summed E-state index contributed by atoms with van der Waals surface area (Å²) in [5, 5.41) is 11.7. The lowest BCUT2D eigenvalue weighted by Gasteiger charge is -2.02. The van der Waals surface area contributed by atoms with E-state index >= 15 is 0 Å². The zero-order valence-corrected chi connectivity index (χ0v) is 16.0. The number of amides is 1. The quantitative estimate of drug-likeness (QED) is 0.392. The van der Waals surface area contributed by atoms with Crippen LogP contribution >= 0.6 is 34.7 Å². The number of halogens is 1. The molecular weight excluding hydrogens is 382 g/mol. The van der Waals surface area contributed by atoms with Crippen molar-refractivity contribution in [3.05, 3.63) is 34.9 Å². The second-order valence-corrected chi connectivity index (χ2v) is 7.63. The van der Waals surface area contributed by atoms with Crippen LogP contribution in [0.15, 0.2) is 28.6 Å². The lowest BCUT2D eigenvalue weighted by atomic mass is 10.1. The van der Waals surface area contributed by atoms with Crippen molar-refractivity contribution in [1.82, 2.24) is 10.2 Å². The Bertz CT molecular complexity index is 707. The van der Waals surface area contributed by atoms with Gasteiger partial charge in [0.15, 0.2) is 4.34 Å². The molecule has 0 fully saturated rings. The summed E-state index contributed by atoms with van der Waals surface area (Å²) >= 11 is 8.32. The number of carbonyl (C=O) groups excluding carboxylic acids is 2. The van der Waals surface area contributed by atoms with Gasteiger partial charge in [0.2, 0.25) is 11.0 Å². The first-order valence-electron chi connectivity index (χ1n) is 7.73. The molecule has 0 saturated heterocycles. The summed E-state index contributed by atoms with van der Waals surface area (Å²) in [7, 11) is 0. The van der Waals surface area contributed by atoms with Gasteiger partial charge >= 0.3 is 5.97 Å². The van der Waals surface area contributed by atoms with Gasteiger partial charge in [-0.1, -0.05) is 46.8 Å². The zero-order chi connectivity index (χ0) is 18.1. The number of esters is 1. The van der Waals surface area contributed by atoms with Crippen molar-refractivity contribution in [2.75, 3.05) is 17.7 Å². The normalized spacial score (nSPS) is 10.5. The van der Waals surface area contributed by atoms with E-state index in [0.29, 0.717) is 27.5 Å². The molecule has 0 aliphatic heterocycles. The third-order valence-electron chi connectivity index (χ3n) is 3.05. The number of anilines is 1. The van der Waals surface area contributed by atoms with E-state index in [1.54, 1.807) is 6.92 Å². The van der Waals surface area contributed by atoms with Gasteiger partial charge in [-0.05, 0) is 37.5 Å². The Balaban J connectivity index is 1.70. The molecule has 25 heavy (non-hydrogen) atoms. The van der Waals surface area contributed by atoms with Crippen LogP contribution in [0.5, 0.6) is 0 Å². The molecule has 134 valence electrons. The molecule has 1 amide bonds. The van der Waals surface area contributed by atoms with Crippen LogP contribution in [0.2, 0.25) is 5.02 Å². The molecule has 1 aromatic heterocycles. The number of ether oxygens (including phenoxy) is 1. The number of benzene rings is 1. The van der Waals surface area contributed by atoms with Crippen LogP contribution in [0.4, 0.5) is 5.13 Å². The predicted molar refractivity (Wildman–Crippen MR) is 100 cm³/mol. The van der Waals surface area contributed by atoms with Gasteiger partial charge in [0.1, 0.15) is 0 Å². The van der Waals surface area contributed by atoms with Crippen LogP contribution in [0.3, 0.4) is 0 Å². The number of carbonyl (C=O) groups is 2. The highest BCUT2D eigenvalue weighted by Gasteiger charge is 2.11. The largest absolute Gasteiger partial charge is 0.465 e. The van der Waals surface area contributed by atoms with Crippen LogP contribution in [0.25, 0.3) is 0 Å². The predicted octanol–water partition coefficient (Wildman–Crippen LogP) is 3.81. The Hall–Kier alpha value is -1.64. The van der Waals surface area contributed by atoms with E-state index in [1.165, 1.54) is 23.1 Å². The molecule has 1 N–H and O–H groups in total. The van der Waals surface area contributed by atoms with Crippen molar-refractivity contribution >= 4 is 51.7 Å². The zero-order valence-electron chi connectivity index (χ0n) is 13.7. The Kier molecular flexibility index (Phi) is 8.17. The number of hydrogen-bond donors (Lipinski definition) is 1. The van der Waals surface area contributed by atoms with E-state index in [0.717, 1.165) is 18.4 Å². The number of aryl methyl sites for hydroxylation is 1. The number of aromatic nitrogens is 2. The van der Waals surface area contributed by atoms with E-state index in [2.05, 4.69) is 15.5 Å². The minimum atomic E-state index is -0.296. The third kappa shape index (κ3) is 7.41. The lowest BCUT2D eigenvalue weighted by molar-refractivity contribution is -0.139. The second-order valence-electron chi connectivity index (χ2n) is 5.00. The molecule has 1 heterocycles. The fourth-order valence-corrected chi connectivity index (χ4v) is 3.62. The van der Waals surface area contributed by atoms with Gasteiger partial charge in [0.05, 0.1) is 12.4 Å². The first-order chi connectivity index (χ1) is 12.1. The SMILES string of the molecule is CCOC(=O)CSc1nnc(NC(=O)CCCc2ccc(Cl)cc2)s1. The van der Waals surface area contributed by atoms with Crippen LogP contribution in [0.1, 0.15) is 25.3 Å². The van der Waals surface area contributed by atoms with E-state index in [-0.39, 0.29) is 17.6 Å². The molecule has 9 heteroatoms. The molecule has 1 aromatic carbocycles. The lowest BCUT2D eigenvalue weighted by Crippen LogP contribution is -2.11. The number of thioether (sulfide) groups is 1. The second kappa shape index (κ2) is 10.4. The van der Waals surface area contributed by atoms with Gasteiger partial charge in [0.25, 0.3) is 0 Å². The molecule has 0 bridgehead atoms. The highest BCUT2D eigenvalue weighted by atomic mass is 35.5. The van der Waals surface area contributed by atoms with Gasteiger partial charge in [-0.25, -0.2) is 0 Å². The smallest absolute Gasteiger partial charge is 0.316 e. The van der Waals surface area contributed by atoms with Crippen LogP contribution in [-0.4, -0.2) is 34.4 Å². The maximum absolute atomic E-state index is 11.9. The minimum Gasteiger partial charge on any atom is -0.465 e. The standard InChI is InChI=1S/C16H18ClN3O3S2/c1-2-23-14(22)10-24-16-20-19-15(25-16)18-13(21)5-3-4-11-6-8-12(17)9-7-11/h6-9H,2-5,10H2,1H3,(H,18,19,21). The van der Waals surface area contributed by atoms with Crippen molar-refractivity contribution in [3.63, 3.8) is 0 Å². The molecule has 0 radical (unpaired) electrons. The van der Waals surface area contributed by atoms with Gasteiger partial charge in [0, 0.05) is 11.4 Å². The Morgan fingerprint density at radius 1 is 1.28 bits per heavy atom. The molecule has 6 nitrogen and oxygen atoms in total. The molecule has 0 saturated carbocycles. The molecule has 2 rings (SSSR count). The molecule has 0 aliphatic carbocycles. The maximum atomic E-state index is 11.9. The van der Waals surface area contributed by atoms with E-state index in [9.17, 15) is 9.59 Å². The molecule has 0 atom stereocenters. The topological polar surface area (TPSA) is 81.2 Å². The van der Waals surface area contributed by atoms with Crippen molar-refractivity contribution in [3.8, 4) is 0 Å². The monoisotopic (exact) mass is 399 g/mol. The van der Waals surface area contributed by atoms with Crippen LogP contribution in [0, 0.1) is 0 Å². The summed E-state index contributed by atoms with van der Waals surface area (Å²) in [6.45, 7) is 2.11. The molecule has 0 spiro atoms. The molecule has 2 aromatic rings. The first-order valence-corrected chi connectivity index (χ1v) is 9.91. The van der Waals surface area contributed by atoms with Crippen molar-refractivity contribution in [1.29, 1.82) is 0 Å². The number of nitrogens with zero attached hydrogens (tertiary/aromatic N) is 2. The van der Waals surface area contributed by atoms with Crippen molar-refractivity contribution in [2.24, 2.45) is 0 Å². The highest BCUT2D eigenvalue weighted by molar-refractivity contribution is 8.01. The van der Waals surface area contributed by atoms with Gasteiger partial charge in [-0.3, -0.25) is 9.59 Å². The Labute approximate surface area is 159 Å². The van der Waals surface area contributed by atoms with Gasteiger partial charge in [-0.2, -0.15) is 0 Å². The summed E-state index contributed by atoms with van der Waals surface area (Å²) in [4.78, 5) is 23.2. The third-order valence-corrected chi connectivity index (χ3v) is 5.25. The molecule has 0 aliphatic rings. The fourth-order valence-electron chi connectivity index (χ4n) is 1.93. The van der Waals surface area contributed by atoms with Gasteiger partial charge in [-0.15, -0.1) is 10.2 Å². The van der Waals surface area contributed by atoms with Crippen LogP contribution in [-0.2, 0) is 20.7 Å². The molecule has 0 unspecified atom stereocenters. The Morgan fingerprint density at radius 2 is 2.04 bits per heavy atom. The minimum absolute atomic E-state index is 0.105. The van der Waals surface area contributed by atoms with E-state index in [1.807, 2.05) is 24.3 Å². The number of nitrogens with one attached hydrogen (secondary N) is 1. The summed E-state index contributed by atoms with van der Waals surface area (Å²) in [6, 6.07) is 7.59. The Morgan fingerprint density at radius 3 is 2.76 bits per heavy atom. The summed E-state index contributed by atoms with van der Waals surface area (Å²) in [6.07, 6.45) is 1.94. The van der Waals surface area contributed by atoms with E-state index in [4.69, 9.17) is 16.3 Å². The average molecular weight is 400 g/mol. The average Bonchev–Trinajstić information content (AvgIpc) is 3.02. The maximum Gasteiger partial charge on any atom is 0.316 e. The van der Waals surface area contributed by atoms with Crippen molar-refractivity contribution < 1.29 is 14.3 Å². The summed E-state index contributed by atoms with van der Waals surface area (Å²) in [5.41, 5.74) is 1.14. The summed E-state index contributed by atoms with van der Waals surface area (Å²) in [5.74, 6) is -0.222.